The van der Waals surface area contributed by atoms with E-state index < -0.39 is 12.3 Å². The third kappa shape index (κ3) is 6.53. The van der Waals surface area contributed by atoms with Gasteiger partial charge in [-0.15, -0.1) is 0 Å². The van der Waals surface area contributed by atoms with E-state index >= 15 is 0 Å². The molecule has 0 saturated heterocycles. The molecule has 0 amide bonds. The lowest BCUT2D eigenvalue weighted by molar-refractivity contribution is -0.697. The van der Waals surface area contributed by atoms with E-state index in [9.17, 15) is 10.2 Å². The molecule has 2 atom stereocenters. The van der Waals surface area contributed by atoms with E-state index in [2.05, 4.69) is 11.5 Å². The molecule has 1 aromatic rings. The second-order valence-electron chi connectivity index (χ2n) is 5.73. The Balaban J connectivity index is 2.10. The maximum atomic E-state index is 9.72. The fourth-order valence-electron chi connectivity index (χ4n) is 2.38. The van der Waals surface area contributed by atoms with E-state index in [4.69, 9.17) is 0 Å². The molecule has 0 bridgehead atoms. The standard InChI is InChI=1S/C16H31N2O2/c1-3-4-5-6-7-8-9-10-11-17-12-13-18(14-17)16(20)15(2)19/h12-16,19-20H,3-11H2,1-2H3/q+1. The Morgan fingerprint density at radius 1 is 1.00 bits per heavy atom. The second-order valence-corrected chi connectivity index (χ2v) is 5.73. The number of rotatable bonds is 11. The van der Waals surface area contributed by atoms with Gasteiger partial charge in [-0.1, -0.05) is 45.4 Å². The van der Waals surface area contributed by atoms with Crippen molar-refractivity contribution in [2.75, 3.05) is 0 Å². The normalized spacial score (nSPS) is 14.4. The van der Waals surface area contributed by atoms with E-state index in [-0.39, 0.29) is 0 Å². The number of nitrogens with zero attached hydrogens (tertiary/aromatic N) is 2. The van der Waals surface area contributed by atoms with Crippen molar-refractivity contribution < 1.29 is 14.8 Å². The lowest BCUT2D eigenvalue weighted by atomic mass is 10.1. The molecule has 1 aromatic heterocycles. The Labute approximate surface area is 123 Å². The quantitative estimate of drug-likeness (QED) is 0.484. The second kappa shape index (κ2) is 9.94. The van der Waals surface area contributed by atoms with E-state index in [1.807, 2.05) is 18.7 Å². The Hall–Kier alpha value is -0.870. The summed E-state index contributed by atoms with van der Waals surface area (Å²) in [6.07, 6.45) is 14.6. The van der Waals surface area contributed by atoms with Gasteiger partial charge < -0.3 is 10.2 Å². The molecular formula is C16H31N2O2+. The molecule has 0 saturated carbocycles. The van der Waals surface area contributed by atoms with Crippen LogP contribution in [-0.2, 0) is 6.54 Å². The first kappa shape index (κ1) is 17.2. The molecule has 116 valence electrons. The minimum Gasteiger partial charge on any atom is -0.386 e. The van der Waals surface area contributed by atoms with E-state index in [1.54, 1.807) is 11.5 Å². The van der Waals surface area contributed by atoms with Crippen LogP contribution in [0.2, 0.25) is 0 Å². The highest BCUT2D eigenvalue weighted by molar-refractivity contribution is 4.72. The van der Waals surface area contributed by atoms with Crippen LogP contribution in [0.1, 0.15) is 71.4 Å². The molecule has 0 radical (unpaired) electrons. The minimum atomic E-state index is -0.852. The van der Waals surface area contributed by atoms with Gasteiger partial charge in [0.2, 0.25) is 12.6 Å². The van der Waals surface area contributed by atoms with E-state index in [1.165, 1.54) is 51.4 Å². The molecule has 20 heavy (non-hydrogen) atoms. The first-order chi connectivity index (χ1) is 9.65. The summed E-state index contributed by atoms with van der Waals surface area (Å²) in [5.41, 5.74) is 0. The van der Waals surface area contributed by atoms with Gasteiger partial charge in [-0.25, -0.2) is 9.13 Å². The molecule has 4 nitrogen and oxygen atoms in total. The van der Waals surface area contributed by atoms with Crippen LogP contribution in [0.15, 0.2) is 18.7 Å². The molecule has 0 fully saturated rings. The number of aliphatic hydroxyl groups excluding tert-OH is 2. The van der Waals surface area contributed by atoms with Gasteiger partial charge in [-0.05, 0) is 19.8 Å². The van der Waals surface area contributed by atoms with Crippen LogP contribution in [0.25, 0.3) is 0 Å². The molecule has 0 aliphatic heterocycles. The molecule has 0 spiro atoms. The van der Waals surface area contributed by atoms with Gasteiger partial charge in [-0.3, -0.25) is 0 Å². The Kier molecular flexibility index (Phi) is 8.54. The number of hydrogen-bond acceptors (Lipinski definition) is 2. The molecule has 2 N–H and O–H groups in total. The molecule has 0 aliphatic carbocycles. The molecular weight excluding hydrogens is 252 g/mol. The van der Waals surface area contributed by atoms with Gasteiger partial charge in [-0.2, -0.15) is 0 Å². The average molecular weight is 283 g/mol. The summed E-state index contributed by atoms with van der Waals surface area (Å²) in [6, 6.07) is 0. The molecule has 0 aliphatic rings. The van der Waals surface area contributed by atoms with Gasteiger partial charge >= 0.3 is 0 Å². The average Bonchev–Trinajstić information content (AvgIpc) is 2.89. The Bertz CT molecular complexity index is 350. The summed E-state index contributed by atoms with van der Waals surface area (Å²) < 4.78 is 3.72. The number of unbranched alkanes of at least 4 members (excludes halogenated alkanes) is 7. The van der Waals surface area contributed by atoms with Crippen molar-refractivity contribution in [2.24, 2.45) is 0 Å². The number of imidazole rings is 1. The summed E-state index contributed by atoms with van der Waals surface area (Å²) in [7, 11) is 0. The lowest BCUT2D eigenvalue weighted by Crippen LogP contribution is -2.32. The summed E-state index contributed by atoms with van der Waals surface area (Å²) >= 11 is 0. The van der Waals surface area contributed by atoms with Crippen molar-refractivity contribution in [3.63, 3.8) is 0 Å². The van der Waals surface area contributed by atoms with Crippen LogP contribution in [0.3, 0.4) is 0 Å². The van der Waals surface area contributed by atoms with Crippen molar-refractivity contribution >= 4 is 0 Å². The number of hydrogen-bond donors (Lipinski definition) is 2. The van der Waals surface area contributed by atoms with Crippen molar-refractivity contribution in [1.82, 2.24) is 4.57 Å². The van der Waals surface area contributed by atoms with Gasteiger partial charge in [0.15, 0.2) is 0 Å². The molecule has 1 heterocycles. The number of aryl methyl sites for hydroxylation is 1. The van der Waals surface area contributed by atoms with Crippen molar-refractivity contribution in [3.8, 4) is 0 Å². The van der Waals surface area contributed by atoms with Crippen LogP contribution in [0.5, 0.6) is 0 Å². The molecule has 4 heteroatoms. The lowest BCUT2D eigenvalue weighted by Gasteiger charge is -2.08. The highest BCUT2D eigenvalue weighted by Gasteiger charge is 2.18. The van der Waals surface area contributed by atoms with Crippen LogP contribution < -0.4 is 4.57 Å². The zero-order valence-corrected chi connectivity index (χ0v) is 13.0. The summed E-state index contributed by atoms with van der Waals surface area (Å²) in [6.45, 7) is 4.82. The first-order valence-electron chi connectivity index (χ1n) is 8.07. The SMILES string of the molecule is CCCCCCCCCC[n+]1ccn(C(O)C(C)O)c1. The summed E-state index contributed by atoms with van der Waals surface area (Å²) in [5, 5.41) is 19.1. The topological polar surface area (TPSA) is 49.3 Å². The third-order valence-corrected chi connectivity index (χ3v) is 3.72. The minimum absolute atomic E-state index is 0.751. The number of aromatic nitrogens is 2. The Morgan fingerprint density at radius 3 is 2.20 bits per heavy atom. The van der Waals surface area contributed by atoms with Gasteiger partial charge in [0, 0.05) is 0 Å². The summed E-state index contributed by atoms with van der Waals surface area (Å²) in [4.78, 5) is 0. The van der Waals surface area contributed by atoms with Crippen LogP contribution >= 0.6 is 0 Å². The van der Waals surface area contributed by atoms with Crippen LogP contribution in [0.4, 0.5) is 0 Å². The number of aliphatic hydroxyl groups is 2. The van der Waals surface area contributed by atoms with E-state index in [0.717, 1.165) is 6.54 Å². The molecule has 1 rings (SSSR count). The fraction of sp³-hybridized carbons (Fsp3) is 0.812. The maximum Gasteiger partial charge on any atom is 0.246 e. The van der Waals surface area contributed by atoms with Crippen molar-refractivity contribution in [3.05, 3.63) is 18.7 Å². The van der Waals surface area contributed by atoms with Gasteiger partial charge in [0.1, 0.15) is 18.5 Å². The predicted molar refractivity (Wildman–Crippen MR) is 80.2 cm³/mol. The smallest absolute Gasteiger partial charge is 0.246 e. The van der Waals surface area contributed by atoms with Crippen LogP contribution in [0, 0.1) is 0 Å². The first-order valence-corrected chi connectivity index (χ1v) is 8.07. The maximum absolute atomic E-state index is 9.72. The molecule has 0 aromatic carbocycles. The highest BCUT2D eigenvalue weighted by Crippen LogP contribution is 2.09. The summed E-state index contributed by atoms with van der Waals surface area (Å²) in [5.74, 6) is 0. The van der Waals surface area contributed by atoms with Gasteiger partial charge in [0.05, 0.1) is 6.54 Å². The van der Waals surface area contributed by atoms with Crippen molar-refractivity contribution in [1.29, 1.82) is 0 Å². The fourth-order valence-corrected chi connectivity index (χ4v) is 2.38. The third-order valence-electron chi connectivity index (χ3n) is 3.72. The zero-order chi connectivity index (χ0) is 14.8. The van der Waals surface area contributed by atoms with Crippen molar-refractivity contribution in [2.45, 2.75) is 84.1 Å². The monoisotopic (exact) mass is 283 g/mol. The highest BCUT2D eigenvalue weighted by atomic mass is 16.3. The predicted octanol–water partition coefficient (Wildman–Crippen LogP) is 2.79. The zero-order valence-electron chi connectivity index (χ0n) is 13.0. The van der Waals surface area contributed by atoms with Crippen LogP contribution in [-0.4, -0.2) is 20.9 Å². The van der Waals surface area contributed by atoms with E-state index in [0.29, 0.717) is 0 Å². The Morgan fingerprint density at radius 2 is 1.60 bits per heavy atom. The van der Waals surface area contributed by atoms with Gasteiger partial charge in [0.25, 0.3) is 0 Å². The molecule has 2 unspecified atom stereocenters. The largest absolute Gasteiger partial charge is 0.386 e.